The second kappa shape index (κ2) is 11.4. The first kappa shape index (κ1) is 24.2. The van der Waals surface area contributed by atoms with Gasteiger partial charge in [0.15, 0.2) is 11.5 Å². The Morgan fingerprint density at radius 3 is 2.43 bits per heavy atom. The highest BCUT2D eigenvalue weighted by atomic mass is 16.6. The molecular weight excluding hydrogens is 448 g/mol. The van der Waals surface area contributed by atoms with Gasteiger partial charge in [-0.05, 0) is 59.9 Å². The molecule has 1 heterocycles. The number of ether oxygens (including phenoxy) is 3. The fourth-order valence-electron chi connectivity index (χ4n) is 4.28. The van der Waals surface area contributed by atoms with Gasteiger partial charge in [0.1, 0.15) is 0 Å². The Balaban J connectivity index is 1.60. The molecule has 0 unspecified atom stereocenters. The van der Waals surface area contributed by atoms with Crippen molar-refractivity contribution in [3.8, 4) is 11.5 Å². The zero-order valence-electron chi connectivity index (χ0n) is 19.8. The van der Waals surface area contributed by atoms with Crippen LogP contribution in [0, 0.1) is 10.1 Å². The average Bonchev–Trinajstić information content (AvgIpc) is 3.29. The highest BCUT2D eigenvalue weighted by molar-refractivity contribution is 5.87. The van der Waals surface area contributed by atoms with Crippen molar-refractivity contribution >= 4 is 24.2 Å². The predicted molar refractivity (Wildman–Crippen MR) is 135 cm³/mol. The molecule has 0 N–H and O–H groups in total. The molecule has 0 spiro atoms. The van der Waals surface area contributed by atoms with Crippen LogP contribution in [-0.4, -0.2) is 62.8 Å². The van der Waals surface area contributed by atoms with Gasteiger partial charge in [0.25, 0.3) is 5.69 Å². The third-order valence-electron chi connectivity index (χ3n) is 5.95. The molecule has 0 bridgehead atoms. The zero-order chi connectivity index (χ0) is 24.6. The largest absolute Gasteiger partial charge is 0.493 e. The van der Waals surface area contributed by atoms with Crippen LogP contribution >= 0.6 is 0 Å². The fraction of sp³-hybridized carbons (Fsp3) is 0.308. The molecule has 1 saturated heterocycles. The van der Waals surface area contributed by atoms with Crippen LogP contribution in [0.5, 0.6) is 11.5 Å². The molecule has 1 aliphatic carbocycles. The lowest BCUT2D eigenvalue weighted by atomic mass is 10.1. The van der Waals surface area contributed by atoms with Crippen LogP contribution in [0.25, 0.3) is 6.08 Å². The normalized spacial score (nSPS) is 17.7. The van der Waals surface area contributed by atoms with Crippen LogP contribution in [0.2, 0.25) is 0 Å². The summed E-state index contributed by atoms with van der Waals surface area (Å²) in [5.41, 5.74) is 5.22. The van der Waals surface area contributed by atoms with Crippen molar-refractivity contribution < 1.29 is 19.1 Å². The number of benzene rings is 2. The highest BCUT2D eigenvalue weighted by Crippen LogP contribution is 2.35. The highest BCUT2D eigenvalue weighted by Gasteiger charge is 2.25. The first-order chi connectivity index (χ1) is 17.1. The number of allylic oxidation sites excluding steroid dienone is 2. The lowest BCUT2D eigenvalue weighted by Gasteiger charge is -2.31. The SMILES string of the molecule is COc1cccc(/C=N/N=C/C2=C(N3CCOCC3)C(=C/c3ccc([N+](=O)[O-])cc3)/CC2)c1OC. The van der Waals surface area contributed by atoms with Crippen LogP contribution in [0.4, 0.5) is 5.69 Å². The third kappa shape index (κ3) is 5.75. The van der Waals surface area contributed by atoms with E-state index in [4.69, 9.17) is 14.2 Å². The maximum atomic E-state index is 11.0. The molecule has 0 aromatic heterocycles. The molecule has 0 radical (unpaired) electrons. The third-order valence-corrected chi connectivity index (χ3v) is 5.95. The summed E-state index contributed by atoms with van der Waals surface area (Å²) in [6.45, 7) is 2.95. The van der Waals surface area contributed by atoms with Gasteiger partial charge in [-0.15, -0.1) is 0 Å². The number of nitro benzene ring substituents is 1. The van der Waals surface area contributed by atoms with E-state index in [2.05, 4.69) is 21.2 Å². The van der Waals surface area contributed by atoms with Crippen molar-refractivity contribution in [3.05, 3.63) is 80.5 Å². The van der Waals surface area contributed by atoms with Crippen molar-refractivity contribution in [2.24, 2.45) is 10.2 Å². The Labute approximate surface area is 204 Å². The Kier molecular flexibility index (Phi) is 7.89. The van der Waals surface area contributed by atoms with E-state index in [-0.39, 0.29) is 10.6 Å². The van der Waals surface area contributed by atoms with Crippen molar-refractivity contribution in [1.29, 1.82) is 0 Å². The summed E-state index contributed by atoms with van der Waals surface area (Å²) in [5, 5.41) is 19.5. The van der Waals surface area contributed by atoms with Gasteiger partial charge in [-0.2, -0.15) is 10.2 Å². The van der Waals surface area contributed by atoms with Crippen LogP contribution in [-0.2, 0) is 4.74 Å². The minimum absolute atomic E-state index is 0.0841. The van der Waals surface area contributed by atoms with Gasteiger partial charge in [-0.25, -0.2) is 0 Å². The zero-order valence-corrected chi connectivity index (χ0v) is 19.8. The maximum absolute atomic E-state index is 11.0. The van der Waals surface area contributed by atoms with E-state index >= 15 is 0 Å². The van der Waals surface area contributed by atoms with Crippen LogP contribution < -0.4 is 9.47 Å². The maximum Gasteiger partial charge on any atom is 0.269 e. The quantitative estimate of drug-likeness (QED) is 0.316. The number of non-ortho nitro benzene ring substituents is 1. The molecule has 2 aliphatic rings. The number of morpholine rings is 1. The van der Waals surface area contributed by atoms with E-state index in [1.54, 1.807) is 32.6 Å². The number of hydrogen-bond donors (Lipinski definition) is 0. The second-order valence-electron chi connectivity index (χ2n) is 8.06. The van der Waals surface area contributed by atoms with Gasteiger partial charge in [0.2, 0.25) is 0 Å². The lowest BCUT2D eigenvalue weighted by Crippen LogP contribution is -2.36. The van der Waals surface area contributed by atoms with E-state index < -0.39 is 0 Å². The number of methoxy groups -OCH3 is 2. The summed E-state index contributed by atoms with van der Waals surface area (Å²) < 4.78 is 16.3. The van der Waals surface area contributed by atoms with Gasteiger partial charge in [0, 0.05) is 36.5 Å². The summed E-state index contributed by atoms with van der Waals surface area (Å²) in [5.74, 6) is 1.24. The van der Waals surface area contributed by atoms with Gasteiger partial charge >= 0.3 is 0 Å². The molecule has 0 amide bonds. The topological polar surface area (TPSA) is 98.8 Å². The molecule has 1 aliphatic heterocycles. The van der Waals surface area contributed by atoms with E-state index in [9.17, 15) is 10.1 Å². The van der Waals surface area contributed by atoms with Crippen LogP contribution in [0.3, 0.4) is 0 Å². The minimum atomic E-state index is -0.387. The summed E-state index contributed by atoms with van der Waals surface area (Å²) in [6, 6.07) is 12.2. The van der Waals surface area contributed by atoms with Gasteiger partial charge < -0.3 is 19.1 Å². The average molecular weight is 477 g/mol. The lowest BCUT2D eigenvalue weighted by molar-refractivity contribution is -0.384. The standard InChI is InChI=1S/C26H28N4O5/c1-33-24-5-3-4-22(26(24)34-2)18-28-27-17-21-9-8-20(25(21)29-12-14-35-15-13-29)16-19-6-10-23(11-7-19)30(31)32/h3-7,10-11,16-18H,8-9,12-15H2,1-2H3/b20-16+,27-17+,28-18+. The molecular formula is C26H28N4O5. The van der Waals surface area contributed by atoms with E-state index in [0.717, 1.165) is 48.3 Å². The van der Waals surface area contributed by atoms with Gasteiger partial charge in [0.05, 0.1) is 44.8 Å². The Hall–Kier alpha value is -3.98. The number of para-hydroxylation sites is 1. The minimum Gasteiger partial charge on any atom is -0.493 e. The van der Waals surface area contributed by atoms with Crippen LogP contribution in [0.1, 0.15) is 24.0 Å². The first-order valence-electron chi connectivity index (χ1n) is 11.4. The Bertz CT molecular complexity index is 1180. The van der Waals surface area contributed by atoms with E-state index in [1.165, 1.54) is 17.7 Å². The molecule has 9 heteroatoms. The van der Waals surface area contributed by atoms with Gasteiger partial charge in [-0.1, -0.05) is 6.07 Å². The smallest absolute Gasteiger partial charge is 0.269 e. The summed E-state index contributed by atoms with van der Waals surface area (Å²) in [4.78, 5) is 12.9. The van der Waals surface area contributed by atoms with Gasteiger partial charge in [-0.3, -0.25) is 10.1 Å². The molecule has 0 saturated carbocycles. The monoisotopic (exact) mass is 476 g/mol. The fourth-order valence-corrected chi connectivity index (χ4v) is 4.28. The van der Waals surface area contributed by atoms with E-state index in [1.807, 2.05) is 24.4 Å². The number of rotatable bonds is 8. The summed E-state index contributed by atoms with van der Waals surface area (Å²) in [6.07, 6.45) is 7.26. The molecule has 182 valence electrons. The molecule has 2 aromatic rings. The number of hydrogen-bond acceptors (Lipinski definition) is 8. The number of nitro groups is 1. The van der Waals surface area contributed by atoms with Crippen molar-refractivity contribution in [3.63, 3.8) is 0 Å². The predicted octanol–water partition coefficient (Wildman–Crippen LogP) is 4.48. The first-order valence-corrected chi connectivity index (χ1v) is 11.4. The Morgan fingerprint density at radius 2 is 1.74 bits per heavy atom. The molecule has 2 aromatic carbocycles. The number of nitrogens with zero attached hydrogens (tertiary/aromatic N) is 4. The van der Waals surface area contributed by atoms with Crippen LogP contribution in [0.15, 0.2) is 69.5 Å². The van der Waals surface area contributed by atoms with Crippen molar-refractivity contribution in [2.75, 3.05) is 40.5 Å². The van der Waals surface area contributed by atoms with E-state index in [0.29, 0.717) is 24.7 Å². The van der Waals surface area contributed by atoms with Crippen molar-refractivity contribution in [1.82, 2.24) is 4.90 Å². The summed E-state index contributed by atoms with van der Waals surface area (Å²) >= 11 is 0. The summed E-state index contributed by atoms with van der Waals surface area (Å²) in [7, 11) is 3.19. The second-order valence-corrected chi connectivity index (χ2v) is 8.06. The molecule has 4 rings (SSSR count). The molecule has 0 atom stereocenters. The Morgan fingerprint density at radius 1 is 1.00 bits per heavy atom. The van der Waals surface area contributed by atoms with Crippen molar-refractivity contribution in [2.45, 2.75) is 12.8 Å². The molecule has 1 fully saturated rings. The molecule has 35 heavy (non-hydrogen) atoms. The molecule has 9 nitrogen and oxygen atoms in total.